The second-order valence-electron chi connectivity index (χ2n) is 7.33. The molecule has 0 saturated heterocycles. The first-order valence-electron chi connectivity index (χ1n) is 9.04. The average Bonchev–Trinajstić information content (AvgIpc) is 3.05. The molecular weight excluding hydrogens is 362 g/mol. The first kappa shape index (κ1) is 19.3. The number of nitrogens with two attached hydrogens (primary N) is 1. The van der Waals surface area contributed by atoms with Crippen LogP contribution in [-0.2, 0) is 4.79 Å². The fraction of sp³-hybridized carbons (Fsp3) is 0.350. The van der Waals surface area contributed by atoms with Gasteiger partial charge in [-0.15, -0.1) is 12.4 Å². The van der Waals surface area contributed by atoms with Gasteiger partial charge in [0.1, 0.15) is 5.69 Å². The Balaban J connectivity index is 0.00000210. The van der Waals surface area contributed by atoms with Crippen molar-refractivity contribution < 1.29 is 4.79 Å². The number of aromatic nitrogens is 3. The Morgan fingerprint density at radius 3 is 2.89 bits per heavy atom. The summed E-state index contributed by atoms with van der Waals surface area (Å²) in [6, 6.07) is 11.4. The molecule has 27 heavy (non-hydrogen) atoms. The Morgan fingerprint density at radius 1 is 1.30 bits per heavy atom. The monoisotopic (exact) mass is 385 g/mol. The molecule has 1 aliphatic rings. The molecule has 6 nitrogen and oxygen atoms in total. The van der Waals surface area contributed by atoms with E-state index in [1.807, 2.05) is 43.3 Å². The van der Waals surface area contributed by atoms with E-state index in [4.69, 9.17) is 5.73 Å². The molecule has 3 aromatic rings. The summed E-state index contributed by atoms with van der Waals surface area (Å²) in [6.45, 7) is 1.98. The highest BCUT2D eigenvalue weighted by Gasteiger charge is 2.37. The van der Waals surface area contributed by atoms with Crippen molar-refractivity contribution in [3.63, 3.8) is 0 Å². The van der Waals surface area contributed by atoms with E-state index in [-0.39, 0.29) is 24.2 Å². The zero-order valence-electron chi connectivity index (χ0n) is 15.2. The van der Waals surface area contributed by atoms with Crippen LogP contribution >= 0.6 is 12.4 Å². The number of imidazole rings is 1. The Labute approximate surface area is 164 Å². The van der Waals surface area contributed by atoms with Crippen LogP contribution < -0.4 is 11.1 Å². The van der Waals surface area contributed by atoms with Gasteiger partial charge in [0.05, 0.1) is 17.0 Å². The predicted molar refractivity (Wildman–Crippen MR) is 110 cm³/mol. The molecule has 0 spiro atoms. The molecule has 2 aromatic heterocycles. The molecule has 1 fully saturated rings. The minimum absolute atomic E-state index is 0. The minimum atomic E-state index is -0.438. The molecule has 1 amide bonds. The Kier molecular flexibility index (Phi) is 5.48. The molecule has 2 unspecified atom stereocenters. The lowest BCUT2D eigenvalue weighted by Crippen LogP contribution is -2.51. The number of carbonyl (C=O) groups is 1. The summed E-state index contributed by atoms with van der Waals surface area (Å²) < 4.78 is 0. The number of nitrogens with zero attached hydrogens (tertiary/aromatic N) is 2. The van der Waals surface area contributed by atoms with Crippen LogP contribution in [-0.4, -0.2) is 26.4 Å². The van der Waals surface area contributed by atoms with Crippen molar-refractivity contribution >= 4 is 35.0 Å². The third-order valence-corrected chi connectivity index (χ3v) is 5.23. The minimum Gasteiger partial charge on any atom is -0.337 e. The first-order chi connectivity index (χ1) is 12.5. The summed E-state index contributed by atoms with van der Waals surface area (Å²) in [5, 5.41) is 3.03. The van der Waals surface area contributed by atoms with Gasteiger partial charge in [-0.3, -0.25) is 9.78 Å². The highest BCUT2D eigenvalue weighted by atomic mass is 35.5. The summed E-state index contributed by atoms with van der Waals surface area (Å²) in [6.07, 6.45) is 5.61. The number of nitrogens with one attached hydrogen (secondary N) is 2. The lowest BCUT2D eigenvalue weighted by molar-refractivity contribution is -0.122. The van der Waals surface area contributed by atoms with Gasteiger partial charge in [-0.05, 0) is 50.1 Å². The number of amides is 1. The van der Waals surface area contributed by atoms with Crippen molar-refractivity contribution in [3.8, 4) is 11.5 Å². The Morgan fingerprint density at radius 2 is 2.15 bits per heavy atom. The number of benzene rings is 1. The Hall–Kier alpha value is -2.44. The van der Waals surface area contributed by atoms with E-state index in [0.717, 1.165) is 48.1 Å². The lowest BCUT2D eigenvalue weighted by atomic mass is 9.74. The number of hydrogen-bond acceptors (Lipinski definition) is 4. The van der Waals surface area contributed by atoms with E-state index in [2.05, 4.69) is 20.3 Å². The van der Waals surface area contributed by atoms with Gasteiger partial charge in [0.15, 0.2) is 5.82 Å². The molecule has 1 aliphatic carbocycles. The molecule has 1 saturated carbocycles. The molecule has 2 atom stereocenters. The second kappa shape index (κ2) is 7.66. The normalized spacial score (nSPS) is 22.2. The Bertz CT molecular complexity index is 938. The van der Waals surface area contributed by atoms with Crippen molar-refractivity contribution in [1.82, 2.24) is 15.0 Å². The maximum Gasteiger partial charge on any atom is 0.229 e. The molecule has 1 aromatic carbocycles. The molecule has 0 radical (unpaired) electrons. The maximum atomic E-state index is 12.7. The topological polar surface area (TPSA) is 96.7 Å². The van der Waals surface area contributed by atoms with Crippen molar-refractivity contribution in [2.45, 2.75) is 38.1 Å². The highest BCUT2D eigenvalue weighted by Crippen LogP contribution is 2.32. The van der Waals surface area contributed by atoms with Gasteiger partial charge in [0, 0.05) is 17.4 Å². The van der Waals surface area contributed by atoms with Gasteiger partial charge in [-0.2, -0.15) is 0 Å². The van der Waals surface area contributed by atoms with Gasteiger partial charge < -0.3 is 16.0 Å². The van der Waals surface area contributed by atoms with E-state index in [1.54, 1.807) is 6.20 Å². The second-order valence-corrected chi connectivity index (χ2v) is 7.33. The van der Waals surface area contributed by atoms with Crippen LogP contribution in [0, 0.1) is 5.92 Å². The third kappa shape index (κ3) is 3.96. The maximum absolute atomic E-state index is 12.7. The zero-order chi connectivity index (χ0) is 18.1. The molecule has 7 heteroatoms. The summed E-state index contributed by atoms with van der Waals surface area (Å²) in [5.74, 6) is 0.558. The lowest BCUT2D eigenvalue weighted by Gasteiger charge is -2.37. The highest BCUT2D eigenvalue weighted by molar-refractivity contribution is 5.95. The SMILES string of the molecule is CC1(N)CCCCC1C(=O)Nc1ccc2nc(-c3ccccn3)[nH]c2c1.Cl. The van der Waals surface area contributed by atoms with E-state index in [1.165, 1.54) is 0 Å². The van der Waals surface area contributed by atoms with Crippen molar-refractivity contribution in [1.29, 1.82) is 0 Å². The van der Waals surface area contributed by atoms with Crippen LogP contribution in [0.5, 0.6) is 0 Å². The number of H-pyrrole nitrogens is 1. The van der Waals surface area contributed by atoms with Gasteiger partial charge >= 0.3 is 0 Å². The fourth-order valence-corrected chi connectivity index (χ4v) is 3.73. The number of anilines is 1. The molecular formula is C20H24ClN5O. The van der Waals surface area contributed by atoms with Crippen LogP contribution in [0.4, 0.5) is 5.69 Å². The molecule has 0 bridgehead atoms. The quantitative estimate of drug-likeness (QED) is 0.637. The van der Waals surface area contributed by atoms with E-state index < -0.39 is 5.54 Å². The standard InChI is InChI=1S/C20H23N5O.ClH/c1-20(21)10-4-2-6-14(20)19(26)23-13-8-9-15-17(12-13)25-18(24-15)16-7-3-5-11-22-16;/h3,5,7-9,11-12,14H,2,4,6,10,21H2,1H3,(H,23,26)(H,24,25);1H. The molecule has 142 valence electrons. The number of halogens is 1. The molecule has 2 heterocycles. The van der Waals surface area contributed by atoms with Gasteiger partial charge in [-0.25, -0.2) is 4.98 Å². The smallest absolute Gasteiger partial charge is 0.229 e. The number of fused-ring (bicyclic) bond motifs is 1. The third-order valence-electron chi connectivity index (χ3n) is 5.23. The predicted octanol–water partition coefficient (Wildman–Crippen LogP) is 3.89. The summed E-state index contributed by atoms with van der Waals surface area (Å²) >= 11 is 0. The number of hydrogen-bond donors (Lipinski definition) is 3. The van der Waals surface area contributed by atoms with Gasteiger partial charge in [0.2, 0.25) is 5.91 Å². The van der Waals surface area contributed by atoms with Crippen molar-refractivity contribution in [3.05, 3.63) is 42.6 Å². The van der Waals surface area contributed by atoms with Crippen molar-refractivity contribution in [2.75, 3.05) is 5.32 Å². The van der Waals surface area contributed by atoms with Gasteiger partial charge in [0.25, 0.3) is 0 Å². The van der Waals surface area contributed by atoms with Crippen LogP contribution in [0.3, 0.4) is 0 Å². The zero-order valence-corrected chi connectivity index (χ0v) is 16.1. The molecule has 4 rings (SSSR count). The van der Waals surface area contributed by atoms with E-state index in [0.29, 0.717) is 5.82 Å². The summed E-state index contributed by atoms with van der Waals surface area (Å²) in [7, 11) is 0. The van der Waals surface area contributed by atoms with Gasteiger partial charge in [-0.1, -0.05) is 18.9 Å². The summed E-state index contributed by atoms with van der Waals surface area (Å²) in [5.41, 5.74) is 9.15. The molecule has 0 aliphatic heterocycles. The van der Waals surface area contributed by atoms with Crippen molar-refractivity contribution in [2.24, 2.45) is 11.7 Å². The van der Waals surface area contributed by atoms with E-state index in [9.17, 15) is 4.79 Å². The summed E-state index contributed by atoms with van der Waals surface area (Å²) in [4.78, 5) is 24.9. The largest absolute Gasteiger partial charge is 0.337 e. The first-order valence-corrected chi connectivity index (χ1v) is 9.04. The van der Waals surface area contributed by atoms with Crippen LogP contribution in [0.15, 0.2) is 42.6 Å². The van der Waals surface area contributed by atoms with Crippen LogP contribution in [0.25, 0.3) is 22.6 Å². The van der Waals surface area contributed by atoms with Crippen LogP contribution in [0.1, 0.15) is 32.6 Å². The van der Waals surface area contributed by atoms with Crippen LogP contribution in [0.2, 0.25) is 0 Å². The number of carbonyl (C=O) groups excluding carboxylic acids is 1. The number of rotatable bonds is 3. The molecule has 4 N–H and O–H groups in total. The van der Waals surface area contributed by atoms with E-state index >= 15 is 0 Å². The number of aromatic amines is 1. The fourth-order valence-electron chi connectivity index (χ4n) is 3.73. The average molecular weight is 386 g/mol. The number of pyridine rings is 1.